The van der Waals surface area contributed by atoms with Crippen LogP contribution in [0.4, 0.5) is 0 Å². The number of benzene rings is 2. The first-order valence-electron chi connectivity index (χ1n) is 7.14. The van der Waals surface area contributed by atoms with E-state index >= 15 is 0 Å². The molecule has 0 aromatic heterocycles. The van der Waals surface area contributed by atoms with Gasteiger partial charge in [-0.1, -0.05) is 47.0 Å². The fraction of sp³-hybridized carbons (Fsp3) is 0.190. The predicted molar refractivity (Wildman–Crippen MR) is 93.6 cm³/mol. The summed E-state index contributed by atoms with van der Waals surface area (Å²) >= 11 is 0. The van der Waals surface area contributed by atoms with Gasteiger partial charge in [-0.05, 0) is 25.7 Å². The van der Waals surface area contributed by atoms with Gasteiger partial charge < -0.3 is 14.9 Å². The maximum atomic E-state index is 2.44. The van der Waals surface area contributed by atoms with Crippen molar-refractivity contribution in [3.63, 3.8) is 0 Å². The van der Waals surface area contributed by atoms with E-state index in [9.17, 15) is 0 Å². The van der Waals surface area contributed by atoms with Gasteiger partial charge in [0.1, 0.15) is 0 Å². The third-order valence-electron chi connectivity index (χ3n) is 4.31. The molecule has 0 aliphatic heterocycles. The van der Waals surface area contributed by atoms with Crippen LogP contribution in [0, 0.1) is 14.9 Å². The van der Waals surface area contributed by atoms with Crippen LogP contribution in [0.5, 0.6) is 0 Å². The summed E-state index contributed by atoms with van der Waals surface area (Å²) in [5.41, 5.74) is 6.02. The molecule has 0 unspecified atom stereocenters. The van der Waals surface area contributed by atoms with Gasteiger partial charge >= 0.3 is 0 Å². The number of aryl methyl sites for hydroxylation is 2. The Morgan fingerprint density at radius 1 is 0.864 bits per heavy atom. The molecule has 0 bridgehead atoms. The maximum absolute atomic E-state index is 2.44. The van der Waals surface area contributed by atoms with Gasteiger partial charge in [-0.15, -0.1) is 34.5 Å². The molecule has 1 aliphatic carbocycles. The molecule has 0 spiro atoms. The molecular formula is C21H23Hf-3. The third kappa shape index (κ3) is 3.46. The Labute approximate surface area is 153 Å². The molecule has 3 aromatic rings. The van der Waals surface area contributed by atoms with E-state index < -0.39 is 0 Å². The van der Waals surface area contributed by atoms with Crippen LogP contribution in [-0.4, -0.2) is 0 Å². The van der Waals surface area contributed by atoms with E-state index in [2.05, 4.69) is 54.6 Å². The maximum Gasteiger partial charge on any atom is 0 e. The molecule has 0 saturated carbocycles. The summed E-state index contributed by atoms with van der Waals surface area (Å²) in [5, 5.41) is 2.89. The summed E-state index contributed by atoms with van der Waals surface area (Å²) in [7, 11) is 0. The number of fused-ring (bicyclic) bond motifs is 2. The molecule has 114 valence electrons. The van der Waals surface area contributed by atoms with Crippen molar-refractivity contribution >= 4 is 10.8 Å². The smallest absolute Gasteiger partial charge is 0 e. The van der Waals surface area contributed by atoms with Crippen molar-refractivity contribution in [1.82, 2.24) is 0 Å². The molecule has 0 heterocycles. The van der Waals surface area contributed by atoms with E-state index in [-0.39, 0.29) is 40.7 Å². The summed E-state index contributed by atoms with van der Waals surface area (Å²) in [6.07, 6.45) is 4.91. The molecule has 0 N–H and O–H groups in total. The van der Waals surface area contributed by atoms with Gasteiger partial charge in [0.05, 0.1) is 0 Å². The van der Waals surface area contributed by atoms with E-state index in [1.165, 1.54) is 41.2 Å². The summed E-state index contributed by atoms with van der Waals surface area (Å²) in [5.74, 6) is 0. The second-order valence-electron chi connectivity index (χ2n) is 5.58. The Morgan fingerprint density at radius 2 is 1.55 bits per heavy atom. The molecular weight excluding hydrogens is 431 g/mol. The first-order chi connectivity index (χ1) is 9.40. The van der Waals surface area contributed by atoms with Gasteiger partial charge in [0.25, 0.3) is 0 Å². The average molecular weight is 454 g/mol. The Kier molecular flexibility index (Phi) is 6.87. The monoisotopic (exact) mass is 455 g/mol. The Bertz CT molecular complexity index is 722. The van der Waals surface area contributed by atoms with E-state index in [0.29, 0.717) is 0 Å². The zero-order valence-corrected chi connectivity index (χ0v) is 17.1. The standard InChI is InChI=1S/C19H17.2CH3.Hf/c1-2-5-14(6-3-1)11-17-9-10-18-12-15-7-4-8-16(15)13-19(17)18;;;/h1-3,5-6,9-10,12-13H,4,7-8,11H2;2*1H3;/q3*-1;. The largest absolute Gasteiger partial charge is 0.358 e. The minimum Gasteiger partial charge on any atom is -0.358 e. The molecule has 0 atom stereocenters. The van der Waals surface area contributed by atoms with Crippen LogP contribution < -0.4 is 0 Å². The number of rotatable bonds is 2. The molecule has 0 amide bonds. The molecule has 3 aromatic carbocycles. The van der Waals surface area contributed by atoms with Crippen molar-refractivity contribution in [2.24, 2.45) is 0 Å². The van der Waals surface area contributed by atoms with Crippen LogP contribution >= 0.6 is 0 Å². The quantitative estimate of drug-likeness (QED) is 0.353. The topological polar surface area (TPSA) is 0 Å². The second kappa shape index (κ2) is 7.97. The zero-order valence-electron chi connectivity index (χ0n) is 13.5. The normalized spacial score (nSPS) is 12.0. The van der Waals surface area contributed by atoms with E-state index in [1.807, 2.05) is 0 Å². The molecule has 1 heteroatoms. The first-order valence-corrected chi connectivity index (χ1v) is 7.14. The average Bonchev–Trinajstić information content (AvgIpc) is 3.05. The molecule has 1 aliphatic rings. The van der Waals surface area contributed by atoms with E-state index in [0.717, 1.165) is 6.42 Å². The van der Waals surface area contributed by atoms with Crippen molar-refractivity contribution < 1.29 is 25.8 Å². The number of hydrogen-bond acceptors (Lipinski definition) is 0. The van der Waals surface area contributed by atoms with Crippen molar-refractivity contribution in [1.29, 1.82) is 0 Å². The van der Waals surface area contributed by atoms with Crippen LogP contribution in [0.2, 0.25) is 0 Å². The van der Waals surface area contributed by atoms with Crippen molar-refractivity contribution in [3.05, 3.63) is 91.7 Å². The summed E-state index contributed by atoms with van der Waals surface area (Å²) in [4.78, 5) is 0. The molecule has 0 nitrogen and oxygen atoms in total. The third-order valence-corrected chi connectivity index (χ3v) is 4.31. The van der Waals surface area contributed by atoms with Gasteiger partial charge in [-0.25, -0.2) is 0 Å². The Balaban J connectivity index is 0.000000807. The molecule has 22 heavy (non-hydrogen) atoms. The molecule has 4 rings (SSSR count). The van der Waals surface area contributed by atoms with Gasteiger partial charge in [-0.3, -0.25) is 0 Å². The van der Waals surface area contributed by atoms with Crippen molar-refractivity contribution in [2.75, 3.05) is 0 Å². The van der Waals surface area contributed by atoms with Crippen molar-refractivity contribution in [3.8, 4) is 0 Å². The van der Waals surface area contributed by atoms with Gasteiger partial charge in [-0.2, -0.15) is 6.07 Å². The Hall–Kier alpha value is -1.08. The minimum absolute atomic E-state index is 0. The SMILES string of the molecule is [CH3-].[CH3-].[Hf].c1ccc(C[c-]2ccc3cc4c(cc32)CCC4)cc1. The van der Waals surface area contributed by atoms with Crippen LogP contribution in [0.3, 0.4) is 0 Å². The minimum atomic E-state index is 0. The number of hydrogen-bond donors (Lipinski definition) is 0. The van der Waals surface area contributed by atoms with Crippen LogP contribution in [0.1, 0.15) is 28.7 Å². The Morgan fingerprint density at radius 3 is 2.27 bits per heavy atom. The second-order valence-corrected chi connectivity index (χ2v) is 5.58. The predicted octanol–water partition coefficient (Wildman–Crippen LogP) is 5.54. The first kappa shape index (κ1) is 19.0. The van der Waals surface area contributed by atoms with E-state index in [1.54, 1.807) is 11.1 Å². The molecule has 0 fully saturated rings. The fourth-order valence-electron chi connectivity index (χ4n) is 3.31. The van der Waals surface area contributed by atoms with E-state index in [4.69, 9.17) is 0 Å². The van der Waals surface area contributed by atoms with Gasteiger partial charge in [0.2, 0.25) is 0 Å². The van der Waals surface area contributed by atoms with Crippen molar-refractivity contribution in [2.45, 2.75) is 25.7 Å². The summed E-state index contributed by atoms with van der Waals surface area (Å²) < 4.78 is 0. The van der Waals surface area contributed by atoms with Crippen LogP contribution in [-0.2, 0) is 45.1 Å². The zero-order chi connectivity index (χ0) is 12.7. The molecule has 0 saturated heterocycles. The van der Waals surface area contributed by atoms with Gasteiger partial charge in [0, 0.05) is 25.8 Å². The molecule has 0 radical (unpaired) electrons. The fourth-order valence-corrected chi connectivity index (χ4v) is 3.31. The van der Waals surface area contributed by atoms with Crippen LogP contribution in [0.25, 0.3) is 10.8 Å². The van der Waals surface area contributed by atoms with Gasteiger partial charge in [0.15, 0.2) is 0 Å². The van der Waals surface area contributed by atoms with Crippen LogP contribution in [0.15, 0.2) is 54.6 Å². The summed E-state index contributed by atoms with van der Waals surface area (Å²) in [6.45, 7) is 0. The summed E-state index contributed by atoms with van der Waals surface area (Å²) in [6, 6.07) is 20.2.